The quantitative estimate of drug-likeness (QED) is 0.889. The van der Waals surface area contributed by atoms with Gasteiger partial charge in [0.05, 0.1) is 18.7 Å². The SMILES string of the molecule is COc1cccc(C(CNC(=O)c2cscn2)N(C)C)c1. The summed E-state index contributed by atoms with van der Waals surface area (Å²) in [7, 11) is 5.62. The van der Waals surface area contributed by atoms with E-state index in [0.717, 1.165) is 11.3 Å². The zero-order valence-electron chi connectivity index (χ0n) is 12.4. The third-order valence-corrected chi connectivity index (χ3v) is 3.81. The van der Waals surface area contributed by atoms with Crippen LogP contribution in [0.2, 0.25) is 0 Å². The van der Waals surface area contributed by atoms with Crippen LogP contribution < -0.4 is 10.1 Å². The maximum absolute atomic E-state index is 12.0. The van der Waals surface area contributed by atoms with Crippen LogP contribution in [0.25, 0.3) is 0 Å². The van der Waals surface area contributed by atoms with E-state index in [1.54, 1.807) is 18.0 Å². The summed E-state index contributed by atoms with van der Waals surface area (Å²) in [4.78, 5) is 18.1. The van der Waals surface area contributed by atoms with E-state index in [-0.39, 0.29) is 11.9 Å². The van der Waals surface area contributed by atoms with Crippen molar-refractivity contribution in [1.29, 1.82) is 0 Å². The Kier molecular flexibility index (Phi) is 5.30. The van der Waals surface area contributed by atoms with E-state index in [1.165, 1.54) is 11.3 Å². The molecular weight excluding hydrogens is 286 g/mol. The highest BCUT2D eigenvalue weighted by Crippen LogP contribution is 2.22. The molecule has 1 N–H and O–H groups in total. The molecule has 0 saturated heterocycles. The molecule has 0 radical (unpaired) electrons. The lowest BCUT2D eigenvalue weighted by Crippen LogP contribution is -2.34. The number of aromatic nitrogens is 1. The molecule has 112 valence electrons. The van der Waals surface area contributed by atoms with Gasteiger partial charge < -0.3 is 15.0 Å². The zero-order valence-corrected chi connectivity index (χ0v) is 13.2. The second-order valence-electron chi connectivity index (χ2n) is 4.84. The Morgan fingerprint density at radius 1 is 1.48 bits per heavy atom. The van der Waals surface area contributed by atoms with Crippen molar-refractivity contribution in [2.45, 2.75) is 6.04 Å². The topological polar surface area (TPSA) is 54.5 Å². The Balaban J connectivity index is 2.07. The molecule has 2 rings (SSSR count). The fourth-order valence-corrected chi connectivity index (χ4v) is 2.58. The fourth-order valence-electron chi connectivity index (χ4n) is 2.05. The molecule has 0 aliphatic heterocycles. The van der Waals surface area contributed by atoms with Gasteiger partial charge in [0, 0.05) is 11.9 Å². The van der Waals surface area contributed by atoms with Gasteiger partial charge in [0.15, 0.2) is 0 Å². The minimum atomic E-state index is -0.147. The van der Waals surface area contributed by atoms with Gasteiger partial charge >= 0.3 is 0 Å². The second kappa shape index (κ2) is 7.19. The Hall–Kier alpha value is -1.92. The number of ether oxygens (including phenoxy) is 1. The molecule has 1 aromatic heterocycles. The molecule has 0 aliphatic carbocycles. The summed E-state index contributed by atoms with van der Waals surface area (Å²) >= 11 is 1.41. The molecule has 1 amide bonds. The van der Waals surface area contributed by atoms with Crippen LogP contribution in [0.3, 0.4) is 0 Å². The molecule has 5 nitrogen and oxygen atoms in total. The molecule has 0 fully saturated rings. The normalized spacial score (nSPS) is 12.2. The molecule has 1 atom stereocenters. The van der Waals surface area contributed by atoms with Crippen LogP contribution in [-0.4, -0.2) is 43.5 Å². The average Bonchev–Trinajstić information content (AvgIpc) is 3.01. The van der Waals surface area contributed by atoms with Crippen LogP contribution in [0, 0.1) is 0 Å². The van der Waals surface area contributed by atoms with Gasteiger partial charge in [-0.2, -0.15) is 0 Å². The van der Waals surface area contributed by atoms with Gasteiger partial charge in [-0.25, -0.2) is 4.98 Å². The minimum absolute atomic E-state index is 0.0719. The Labute approximate surface area is 128 Å². The van der Waals surface area contributed by atoms with Gasteiger partial charge in [0.1, 0.15) is 11.4 Å². The first-order chi connectivity index (χ1) is 10.1. The van der Waals surface area contributed by atoms with Crippen molar-refractivity contribution in [3.8, 4) is 5.75 Å². The highest BCUT2D eigenvalue weighted by Gasteiger charge is 2.17. The van der Waals surface area contributed by atoms with E-state index in [9.17, 15) is 4.79 Å². The van der Waals surface area contributed by atoms with Crippen molar-refractivity contribution in [2.75, 3.05) is 27.7 Å². The first-order valence-corrected chi connectivity index (χ1v) is 7.53. The van der Waals surface area contributed by atoms with Crippen LogP contribution in [-0.2, 0) is 0 Å². The van der Waals surface area contributed by atoms with Crippen molar-refractivity contribution in [3.63, 3.8) is 0 Å². The van der Waals surface area contributed by atoms with Gasteiger partial charge in [-0.05, 0) is 31.8 Å². The van der Waals surface area contributed by atoms with Crippen LogP contribution >= 0.6 is 11.3 Å². The molecule has 2 aromatic rings. The molecule has 0 aliphatic rings. The number of amides is 1. The van der Waals surface area contributed by atoms with E-state index in [2.05, 4.69) is 15.2 Å². The Bertz CT molecular complexity index is 584. The predicted molar refractivity (Wildman–Crippen MR) is 83.9 cm³/mol. The summed E-state index contributed by atoms with van der Waals surface area (Å²) in [6.07, 6.45) is 0. The largest absolute Gasteiger partial charge is 0.497 e. The van der Waals surface area contributed by atoms with Crippen LogP contribution in [0.15, 0.2) is 35.2 Å². The fraction of sp³-hybridized carbons (Fsp3) is 0.333. The van der Waals surface area contributed by atoms with E-state index in [1.807, 2.05) is 38.4 Å². The summed E-state index contributed by atoms with van der Waals surface area (Å²) in [5, 5.41) is 4.67. The third-order valence-electron chi connectivity index (χ3n) is 3.22. The summed E-state index contributed by atoms with van der Waals surface area (Å²) in [6.45, 7) is 0.510. The monoisotopic (exact) mass is 305 g/mol. The molecule has 21 heavy (non-hydrogen) atoms. The Morgan fingerprint density at radius 2 is 2.29 bits per heavy atom. The van der Waals surface area contributed by atoms with Crippen LogP contribution in [0.4, 0.5) is 0 Å². The zero-order chi connectivity index (χ0) is 15.2. The van der Waals surface area contributed by atoms with Gasteiger partial charge in [-0.15, -0.1) is 11.3 Å². The highest BCUT2D eigenvalue weighted by molar-refractivity contribution is 7.07. The van der Waals surface area contributed by atoms with Crippen molar-refractivity contribution in [3.05, 3.63) is 46.4 Å². The minimum Gasteiger partial charge on any atom is -0.497 e. The number of likely N-dealkylation sites (N-methyl/N-ethyl adjacent to an activating group) is 1. The first-order valence-electron chi connectivity index (χ1n) is 6.58. The number of hydrogen-bond donors (Lipinski definition) is 1. The van der Waals surface area contributed by atoms with E-state index in [4.69, 9.17) is 4.74 Å². The van der Waals surface area contributed by atoms with Crippen molar-refractivity contribution in [1.82, 2.24) is 15.2 Å². The summed E-state index contributed by atoms with van der Waals surface area (Å²) in [6, 6.07) is 7.95. The van der Waals surface area contributed by atoms with Crippen molar-refractivity contribution in [2.24, 2.45) is 0 Å². The van der Waals surface area contributed by atoms with Crippen molar-refractivity contribution < 1.29 is 9.53 Å². The molecule has 1 aromatic carbocycles. The van der Waals surface area contributed by atoms with Crippen molar-refractivity contribution >= 4 is 17.2 Å². The average molecular weight is 305 g/mol. The van der Waals surface area contributed by atoms with Crippen LogP contribution in [0.1, 0.15) is 22.1 Å². The lowest BCUT2D eigenvalue weighted by Gasteiger charge is -2.25. The number of thiazole rings is 1. The van der Waals surface area contributed by atoms with Gasteiger partial charge in [0.2, 0.25) is 0 Å². The molecule has 1 unspecified atom stereocenters. The number of rotatable bonds is 6. The number of carbonyl (C=O) groups is 1. The number of methoxy groups -OCH3 is 1. The summed E-state index contributed by atoms with van der Waals surface area (Å²) in [5.74, 6) is 0.663. The number of nitrogens with one attached hydrogen (secondary N) is 1. The molecule has 0 bridgehead atoms. The molecule has 6 heteroatoms. The molecule has 0 spiro atoms. The predicted octanol–water partition coefficient (Wildman–Crippen LogP) is 2.18. The third kappa shape index (κ3) is 4.03. The van der Waals surface area contributed by atoms with Gasteiger partial charge in [0.25, 0.3) is 5.91 Å². The Morgan fingerprint density at radius 3 is 2.90 bits per heavy atom. The maximum atomic E-state index is 12.0. The van der Waals surface area contributed by atoms with Gasteiger partial charge in [-0.1, -0.05) is 12.1 Å². The number of carbonyl (C=O) groups excluding carboxylic acids is 1. The van der Waals surface area contributed by atoms with Crippen LogP contribution in [0.5, 0.6) is 5.75 Å². The standard InChI is InChI=1S/C15H19N3O2S/c1-18(2)14(11-5-4-6-12(7-11)20-3)8-16-15(19)13-9-21-10-17-13/h4-7,9-10,14H,8H2,1-3H3,(H,16,19). The second-order valence-corrected chi connectivity index (χ2v) is 5.56. The number of nitrogens with zero attached hydrogens (tertiary/aromatic N) is 2. The molecular formula is C15H19N3O2S. The van der Waals surface area contributed by atoms with E-state index >= 15 is 0 Å². The number of hydrogen-bond acceptors (Lipinski definition) is 5. The first kappa shape index (κ1) is 15.5. The molecule has 1 heterocycles. The molecule has 0 saturated carbocycles. The summed E-state index contributed by atoms with van der Waals surface area (Å²) < 4.78 is 5.25. The lowest BCUT2D eigenvalue weighted by atomic mass is 10.1. The lowest BCUT2D eigenvalue weighted by molar-refractivity contribution is 0.0937. The highest BCUT2D eigenvalue weighted by atomic mass is 32.1. The van der Waals surface area contributed by atoms with Gasteiger partial charge in [-0.3, -0.25) is 4.79 Å². The van der Waals surface area contributed by atoms with E-state index < -0.39 is 0 Å². The number of benzene rings is 1. The smallest absolute Gasteiger partial charge is 0.270 e. The van der Waals surface area contributed by atoms with E-state index in [0.29, 0.717) is 12.2 Å². The maximum Gasteiger partial charge on any atom is 0.270 e. The summed E-state index contributed by atoms with van der Waals surface area (Å²) in [5.41, 5.74) is 3.21.